The van der Waals surface area contributed by atoms with E-state index < -0.39 is 17.6 Å². The lowest BCUT2D eigenvalue weighted by atomic mass is 10.0. The Kier molecular flexibility index (Phi) is 4.63. The highest BCUT2D eigenvalue weighted by Gasteiger charge is 2.12. The second-order valence-electron chi connectivity index (χ2n) is 3.52. The number of Topliss-reactive ketones (excluding diaryl/α,β-unsaturated/α-hetero) is 1. The summed E-state index contributed by atoms with van der Waals surface area (Å²) in [7, 11) is 1.41. The molecular weight excluding hydrogens is 227 g/mol. The summed E-state index contributed by atoms with van der Waals surface area (Å²) in [4.78, 5) is 21.8. The normalized spacial score (nSPS) is 10.0. The molecule has 4 nitrogen and oxygen atoms in total. The Labute approximate surface area is 98.0 Å². The van der Waals surface area contributed by atoms with Crippen molar-refractivity contribution >= 4 is 11.8 Å². The van der Waals surface area contributed by atoms with Crippen molar-refractivity contribution < 1.29 is 23.8 Å². The minimum Gasteiger partial charge on any atom is -0.497 e. The molecule has 1 aromatic rings. The minimum absolute atomic E-state index is 0.0234. The van der Waals surface area contributed by atoms with Gasteiger partial charge in [-0.25, -0.2) is 4.39 Å². The second kappa shape index (κ2) is 5.98. The molecule has 0 heterocycles. The molecule has 0 bridgehead atoms. The molecular formula is C12H13FO4. The molecule has 17 heavy (non-hydrogen) atoms. The fraction of sp³-hybridized carbons (Fsp3) is 0.333. The van der Waals surface area contributed by atoms with E-state index in [2.05, 4.69) is 0 Å². The molecule has 0 radical (unpaired) electrons. The Morgan fingerprint density at radius 2 is 2.06 bits per heavy atom. The minimum atomic E-state index is -0.965. The fourth-order valence-electron chi connectivity index (χ4n) is 1.38. The van der Waals surface area contributed by atoms with Crippen molar-refractivity contribution in [1.29, 1.82) is 0 Å². The molecule has 0 amide bonds. The van der Waals surface area contributed by atoms with Crippen LogP contribution in [0.4, 0.5) is 4.39 Å². The number of benzene rings is 1. The van der Waals surface area contributed by atoms with Gasteiger partial charge in [0, 0.05) is 18.9 Å². The molecule has 1 rings (SSSR count). The highest BCUT2D eigenvalue weighted by Crippen LogP contribution is 2.18. The maximum atomic E-state index is 13.5. The van der Waals surface area contributed by atoms with Gasteiger partial charge in [0.15, 0.2) is 5.78 Å². The van der Waals surface area contributed by atoms with E-state index in [0.717, 1.165) is 6.07 Å². The van der Waals surface area contributed by atoms with Crippen molar-refractivity contribution in [2.45, 2.75) is 19.3 Å². The number of hydrogen-bond acceptors (Lipinski definition) is 3. The number of hydrogen-bond donors (Lipinski definition) is 1. The number of aliphatic carboxylic acids is 1. The van der Waals surface area contributed by atoms with Gasteiger partial charge in [-0.15, -0.1) is 0 Å². The largest absolute Gasteiger partial charge is 0.497 e. The molecule has 1 N–H and O–H groups in total. The Balaban J connectivity index is 2.66. The zero-order valence-electron chi connectivity index (χ0n) is 9.40. The molecule has 0 saturated heterocycles. The third-order valence-corrected chi connectivity index (χ3v) is 2.27. The zero-order valence-corrected chi connectivity index (χ0v) is 9.40. The summed E-state index contributed by atoms with van der Waals surface area (Å²) in [5, 5.41) is 8.42. The SMILES string of the molecule is COc1ccc(C(=O)CCCC(=O)O)c(F)c1. The average Bonchev–Trinajstić information content (AvgIpc) is 2.28. The Bertz CT molecular complexity index is 429. The summed E-state index contributed by atoms with van der Waals surface area (Å²) < 4.78 is 18.3. The molecule has 0 saturated carbocycles. The topological polar surface area (TPSA) is 63.6 Å². The van der Waals surface area contributed by atoms with Crippen LogP contribution >= 0.6 is 0 Å². The standard InChI is InChI=1S/C12H13FO4/c1-17-8-5-6-9(10(13)7-8)11(14)3-2-4-12(15)16/h5-7H,2-4H2,1H3,(H,15,16). The predicted octanol–water partition coefficient (Wildman–Crippen LogP) is 2.27. The first-order chi connectivity index (χ1) is 8.04. The van der Waals surface area contributed by atoms with Gasteiger partial charge >= 0.3 is 5.97 Å². The Morgan fingerprint density at radius 1 is 1.35 bits per heavy atom. The van der Waals surface area contributed by atoms with Crippen molar-refractivity contribution in [3.8, 4) is 5.75 Å². The maximum absolute atomic E-state index is 13.5. The Morgan fingerprint density at radius 3 is 2.59 bits per heavy atom. The van der Waals surface area contributed by atoms with Gasteiger partial charge in [-0.1, -0.05) is 0 Å². The van der Waals surface area contributed by atoms with Crippen molar-refractivity contribution in [1.82, 2.24) is 0 Å². The number of methoxy groups -OCH3 is 1. The van der Waals surface area contributed by atoms with Crippen LogP contribution in [0.15, 0.2) is 18.2 Å². The number of carbonyl (C=O) groups excluding carboxylic acids is 1. The molecule has 0 unspecified atom stereocenters. The van der Waals surface area contributed by atoms with E-state index in [-0.39, 0.29) is 24.8 Å². The van der Waals surface area contributed by atoms with Crippen LogP contribution in [0.1, 0.15) is 29.6 Å². The number of halogens is 1. The van der Waals surface area contributed by atoms with E-state index in [1.807, 2.05) is 0 Å². The van der Waals surface area contributed by atoms with E-state index in [0.29, 0.717) is 5.75 Å². The fourth-order valence-corrected chi connectivity index (χ4v) is 1.38. The van der Waals surface area contributed by atoms with Crippen LogP contribution in [0.2, 0.25) is 0 Å². The molecule has 1 aromatic carbocycles. The van der Waals surface area contributed by atoms with E-state index in [1.165, 1.54) is 19.2 Å². The monoisotopic (exact) mass is 240 g/mol. The first-order valence-electron chi connectivity index (χ1n) is 5.13. The third-order valence-electron chi connectivity index (χ3n) is 2.27. The van der Waals surface area contributed by atoms with Gasteiger partial charge in [0.1, 0.15) is 11.6 Å². The predicted molar refractivity (Wildman–Crippen MR) is 58.8 cm³/mol. The lowest BCUT2D eigenvalue weighted by molar-refractivity contribution is -0.137. The molecule has 0 spiro atoms. The van der Waals surface area contributed by atoms with Crippen LogP contribution in [0, 0.1) is 5.82 Å². The van der Waals surface area contributed by atoms with Crippen molar-refractivity contribution in [2.24, 2.45) is 0 Å². The van der Waals surface area contributed by atoms with Crippen LogP contribution in [0.3, 0.4) is 0 Å². The van der Waals surface area contributed by atoms with Gasteiger partial charge < -0.3 is 9.84 Å². The van der Waals surface area contributed by atoms with Crippen LogP contribution in [-0.2, 0) is 4.79 Å². The lowest BCUT2D eigenvalue weighted by Crippen LogP contribution is -2.04. The number of carboxylic acids is 1. The summed E-state index contributed by atoms with van der Waals surface area (Å²) in [5.74, 6) is -1.67. The van der Waals surface area contributed by atoms with E-state index in [9.17, 15) is 14.0 Å². The Hall–Kier alpha value is -1.91. The molecule has 0 fully saturated rings. The zero-order chi connectivity index (χ0) is 12.8. The van der Waals surface area contributed by atoms with Gasteiger partial charge in [0.05, 0.1) is 12.7 Å². The third kappa shape index (κ3) is 3.86. The average molecular weight is 240 g/mol. The lowest BCUT2D eigenvalue weighted by Gasteiger charge is -2.04. The van der Waals surface area contributed by atoms with Crippen LogP contribution in [-0.4, -0.2) is 24.0 Å². The van der Waals surface area contributed by atoms with Gasteiger partial charge in [-0.3, -0.25) is 9.59 Å². The highest BCUT2D eigenvalue weighted by atomic mass is 19.1. The van der Waals surface area contributed by atoms with Gasteiger partial charge in [-0.05, 0) is 18.6 Å². The first kappa shape index (κ1) is 13.2. The van der Waals surface area contributed by atoms with Gasteiger partial charge in [0.25, 0.3) is 0 Å². The summed E-state index contributed by atoms with van der Waals surface area (Å²) >= 11 is 0. The molecule has 92 valence electrons. The summed E-state index contributed by atoms with van der Waals surface area (Å²) in [5.41, 5.74) is -0.0313. The number of ketones is 1. The van der Waals surface area contributed by atoms with Gasteiger partial charge in [-0.2, -0.15) is 0 Å². The smallest absolute Gasteiger partial charge is 0.303 e. The van der Waals surface area contributed by atoms with E-state index in [4.69, 9.17) is 9.84 Å². The molecule has 0 aliphatic carbocycles. The molecule has 0 atom stereocenters. The van der Waals surface area contributed by atoms with Crippen molar-refractivity contribution in [3.63, 3.8) is 0 Å². The summed E-state index contributed by atoms with van der Waals surface area (Å²) in [6.45, 7) is 0. The first-order valence-corrected chi connectivity index (χ1v) is 5.13. The molecule has 0 aromatic heterocycles. The quantitative estimate of drug-likeness (QED) is 0.775. The number of rotatable bonds is 6. The number of ether oxygens (including phenoxy) is 1. The van der Waals surface area contributed by atoms with Crippen molar-refractivity contribution in [3.05, 3.63) is 29.6 Å². The molecule has 5 heteroatoms. The van der Waals surface area contributed by atoms with Crippen LogP contribution in [0.25, 0.3) is 0 Å². The number of carbonyl (C=O) groups is 2. The van der Waals surface area contributed by atoms with Crippen LogP contribution < -0.4 is 4.74 Å². The molecule has 0 aliphatic heterocycles. The second-order valence-corrected chi connectivity index (χ2v) is 3.52. The van der Waals surface area contributed by atoms with Crippen molar-refractivity contribution in [2.75, 3.05) is 7.11 Å². The van der Waals surface area contributed by atoms with Crippen LogP contribution in [0.5, 0.6) is 5.75 Å². The maximum Gasteiger partial charge on any atom is 0.303 e. The van der Waals surface area contributed by atoms with E-state index >= 15 is 0 Å². The highest BCUT2D eigenvalue weighted by molar-refractivity contribution is 5.96. The summed E-state index contributed by atoms with van der Waals surface area (Å²) in [6.07, 6.45) is 0.138. The molecule has 0 aliphatic rings. The number of carboxylic acid groups (broad SMARTS) is 1. The van der Waals surface area contributed by atoms with E-state index in [1.54, 1.807) is 0 Å². The van der Waals surface area contributed by atoms with Gasteiger partial charge in [0.2, 0.25) is 0 Å². The summed E-state index contributed by atoms with van der Waals surface area (Å²) in [6, 6.07) is 3.97.